The van der Waals surface area contributed by atoms with E-state index in [-0.39, 0.29) is 0 Å². The van der Waals surface area contributed by atoms with Crippen LogP contribution in [0.15, 0.2) is 18.2 Å². The van der Waals surface area contributed by atoms with Gasteiger partial charge < -0.3 is 26.8 Å². The maximum Gasteiger partial charge on any atom is 0.407 e. The van der Waals surface area contributed by atoms with Crippen LogP contribution < -0.4 is 22.1 Å². The molecule has 1 aromatic rings. The Labute approximate surface area is 130 Å². The molecule has 0 aromatic heterocycles. The SMILES string of the molecule is CC(C)(C)OC(=O)NCCCNc1cc(C(N)=O)ccc1N. The van der Waals surface area contributed by atoms with E-state index in [1.54, 1.807) is 18.2 Å². The number of hydrogen-bond donors (Lipinski definition) is 4. The van der Waals surface area contributed by atoms with E-state index in [4.69, 9.17) is 16.2 Å². The van der Waals surface area contributed by atoms with Crippen molar-refractivity contribution in [2.75, 3.05) is 24.1 Å². The molecule has 1 rings (SSSR count). The molecule has 0 spiro atoms. The zero-order chi connectivity index (χ0) is 16.8. The lowest BCUT2D eigenvalue weighted by Gasteiger charge is -2.19. The Morgan fingerprint density at radius 1 is 1.23 bits per heavy atom. The third kappa shape index (κ3) is 6.34. The van der Waals surface area contributed by atoms with Crippen molar-refractivity contribution in [2.45, 2.75) is 32.8 Å². The number of anilines is 2. The summed E-state index contributed by atoms with van der Waals surface area (Å²) in [5.41, 5.74) is 12.1. The van der Waals surface area contributed by atoms with Gasteiger partial charge in [-0.2, -0.15) is 0 Å². The highest BCUT2D eigenvalue weighted by Gasteiger charge is 2.15. The molecule has 1 aromatic carbocycles. The molecule has 2 amide bonds. The molecule has 0 bridgehead atoms. The van der Waals surface area contributed by atoms with Crippen LogP contribution in [0, 0.1) is 0 Å². The van der Waals surface area contributed by atoms with Crippen molar-refractivity contribution >= 4 is 23.4 Å². The summed E-state index contributed by atoms with van der Waals surface area (Å²) >= 11 is 0. The third-order valence-electron chi connectivity index (χ3n) is 2.68. The lowest BCUT2D eigenvalue weighted by Crippen LogP contribution is -2.33. The molecule has 0 aliphatic rings. The van der Waals surface area contributed by atoms with Crippen LogP contribution in [0.2, 0.25) is 0 Å². The van der Waals surface area contributed by atoms with Crippen LogP contribution in [0.3, 0.4) is 0 Å². The minimum atomic E-state index is -0.508. The molecule has 0 saturated heterocycles. The number of carbonyl (C=O) groups excluding carboxylic acids is 2. The van der Waals surface area contributed by atoms with Crippen LogP contribution in [0.4, 0.5) is 16.2 Å². The van der Waals surface area contributed by atoms with Gasteiger partial charge in [-0.25, -0.2) is 4.79 Å². The standard InChI is InChI=1S/C15H24N4O3/c1-15(2,3)22-14(21)19-8-4-7-18-12-9-10(13(17)20)5-6-11(12)16/h5-6,9,18H,4,7-8,16H2,1-3H3,(H2,17,20)(H,19,21). The molecule has 0 fully saturated rings. The van der Waals surface area contributed by atoms with E-state index >= 15 is 0 Å². The van der Waals surface area contributed by atoms with Crippen LogP contribution in [-0.2, 0) is 4.74 Å². The monoisotopic (exact) mass is 308 g/mol. The Morgan fingerprint density at radius 2 is 1.91 bits per heavy atom. The summed E-state index contributed by atoms with van der Waals surface area (Å²) in [6.45, 7) is 6.48. The molecule has 122 valence electrons. The van der Waals surface area contributed by atoms with Gasteiger partial charge >= 0.3 is 6.09 Å². The summed E-state index contributed by atoms with van der Waals surface area (Å²) in [6, 6.07) is 4.81. The molecule has 0 unspecified atom stereocenters. The van der Waals surface area contributed by atoms with Gasteiger partial charge in [-0.05, 0) is 45.4 Å². The van der Waals surface area contributed by atoms with Crippen LogP contribution >= 0.6 is 0 Å². The van der Waals surface area contributed by atoms with E-state index in [0.717, 1.165) is 0 Å². The number of primary amides is 1. The first-order valence-electron chi connectivity index (χ1n) is 7.09. The maximum absolute atomic E-state index is 11.4. The van der Waals surface area contributed by atoms with Gasteiger partial charge in [0.1, 0.15) is 5.60 Å². The summed E-state index contributed by atoms with van der Waals surface area (Å²) in [6.07, 6.45) is 0.238. The maximum atomic E-state index is 11.4. The van der Waals surface area contributed by atoms with Gasteiger partial charge in [0.25, 0.3) is 0 Å². The second kappa shape index (κ2) is 7.53. The molecule has 7 nitrogen and oxygen atoms in total. The quantitative estimate of drug-likeness (QED) is 0.471. The Hall–Kier alpha value is -2.44. The fraction of sp³-hybridized carbons (Fsp3) is 0.467. The Morgan fingerprint density at radius 3 is 2.50 bits per heavy atom. The normalized spacial score (nSPS) is 10.9. The molecule has 0 heterocycles. The van der Waals surface area contributed by atoms with Crippen molar-refractivity contribution in [1.29, 1.82) is 0 Å². The average molecular weight is 308 g/mol. The highest BCUT2D eigenvalue weighted by Crippen LogP contribution is 2.19. The first-order valence-corrected chi connectivity index (χ1v) is 7.09. The topological polar surface area (TPSA) is 119 Å². The largest absolute Gasteiger partial charge is 0.444 e. The number of rotatable bonds is 6. The van der Waals surface area contributed by atoms with Crippen LogP contribution in [0.25, 0.3) is 0 Å². The second-order valence-corrected chi connectivity index (χ2v) is 5.88. The Kier molecular flexibility index (Phi) is 6.03. The predicted octanol–water partition coefficient (Wildman–Crippen LogP) is 1.69. The Balaban J connectivity index is 2.35. The van der Waals surface area contributed by atoms with Gasteiger partial charge in [0.05, 0.1) is 11.4 Å². The van der Waals surface area contributed by atoms with Crippen LogP contribution in [-0.4, -0.2) is 30.7 Å². The molecule has 0 atom stereocenters. The molecule has 22 heavy (non-hydrogen) atoms. The number of benzene rings is 1. The van der Waals surface area contributed by atoms with Gasteiger partial charge in [-0.1, -0.05) is 0 Å². The lowest BCUT2D eigenvalue weighted by atomic mass is 10.1. The van der Waals surface area contributed by atoms with Crippen molar-refractivity contribution in [3.05, 3.63) is 23.8 Å². The zero-order valence-electron chi connectivity index (χ0n) is 13.2. The van der Waals surface area contributed by atoms with E-state index in [1.807, 2.05) is 20.8 Å². The van der Waals surface area contributed by atoms with Crippen molar-refractivity contribution in [3.8, 4) is 0 Å². The zero-order valence-corrected chi connectivity index (χ0v) is 13.2. The van der Waals surface area contributed by atoms with E-state index in [2.05, 4.69) is 10.6 Å². The fourth-order valence-corrected chi connectivity index (χ4v) is 1.68. The summed E-state index contributed by atoms with van der Waals surface area (Å²) in [5.74, 6) is -0.505. The van der Waals surface area contributed by atoms with Gasteiger partial charge in [0.15, 0.2) is 0 Å². The minimum absolute atomic E-state index is 0.392. The number of amides is 2. The van der Waals surface area contributed by atoms with Crippen molar-refractivity contribution < 1.29 is 14.3 Å². The smallest absolute Gasteiger partial charge is 0.407 e. The van der Waals surface area contributed by atoms with Crippen LogP contribution in [0.5, 0.6) is 0 Å². The highest BCUT2D eigenvalue weighted by molar-refractivity contribution is 5.94. The lowest BCUT2D eigenvalue weighted by molar-refractivity contribution is 0.0527. The van der Waals surface area contributed by atoms with Crippen molar-refractivity contribution in [1.82, 2.24) is 5.32 Å². The van der Waals surface area contributed by atoms with E-state index in [9.17, 15) is 9.59 Å². The van der Waals surface area contributed by atoms with E-state index < -0.39 is 17.6 Å². The molecular weight excluding hydrogens is 284 g/mol. The number of nitrogens with one attached hydrogen (secondary N) is 2. The molecule has 0 saturated carbocycles. The van der Waals surface area contributed by atoms with Gasteiger partial charge in [-0.15, -0.1) is 0 Å². The molecule has 6 N–H and O–H groups in total. The summed E-state index contributed by atoms with van der Waals surface area (Å²) in [4.78, 5) is 22.6. The van der Waals surface area contributed by atoms with Crippen molar-refractivity contribution in [2.24, 2.45) is 5.73 Å². The summed E-state index contributed by atoms with van der Waals surface area (Å²) in [7, 11) is 0. The van der Waals surface area contributed by atoms with Crippen molar-refractivity contribution in [3.63, 3.8) is 0 Å². The molecule has 0 aliphatic heterocycles. The average Bonchev–Trinajstić information content (AvgIpc) is 2.37. The number of ether oxygens (including phenoxy) is 1. The summed E-state index contributed by atoms with van der Waals surface area (Å²) < 4.78 is 5.12. The predicted molar refractivity (Wildman–Crippen MR) is 86.7 cm³/mol. The van der Waals surface area contributed by atoms with Gasteiger partial charge in [-0.3, -0.25) is 4.79 Å². The first-order chi connectivity index (χ1) is 10.2. The minimum Gasteiger partial charge on any atom is -0.444 e. The van der Waals surface area contributed by atoms with E-state index in [0.29, 0.717) is 36.4 Å². The highest BCUT2D eigenvalue weighted by atomic mass is 16.6. The summed E-state index contributed by atoms with van der Waals surface area (Å²) in [5, 5.41) is 5.77. The second-order valence-electron chi connectivity index (χ2n) is 5.88. The number of nitrogen functional groups attached to an aromatic ring is 1. The first kappa shape index (κ1) is 17.6. The van der Waals surface area contributed by atoms with Gasteiger partial charge in [0.2, 0.25) is 5.91 Å². The molecule has 0 radical (unpaired) electrons. The number of alkyl carbamates (subject to hydrolysis) is 1. The third-order valence-corrected chi connectivity index (χ3v) is 2.68. The fourth-order valence-electron chi connectivity index (χ4n) is 1.68. The van der Waals surface area contributed by atoms with Gasteiger partial charge in [0, 0.05) is 18.7 Å². The molecular formula is C15H24N4O3. The van der Waals surface area contributed by atoms with E-state index in [1.165, 1.54) is 0 Å². The number of carbonyl (C=O) groups is 2. The molecule has 7 heteroatoms. The number of nitrogens with two attached hydrogens (primary N) is 2. The molecule has 0 aliphatic carbocycles. The Bertz CT molecular complexity index is 538. The number of hydrogen-bond acceptors (Lipinski definition) is 5. The van der Waals surface area contributed by atoms with Crippen LogP contribution in [0.1, 0.15) is 37.6 Å².